The number of rotatable bonds is 6. The Morgan fingerprint density at radius 1 is 0.931 bits per heavy atom. The predicted molar refractivity (Wildman–Crippen MR) is 108 cm³/mol. The second-order valence-electron chi connectivity index (χ2n) is 6.36. The molecule has 29 heavy (non-hydrogen) atoms. The van der Waals surface area contributed by atoms with Crippen molar-refractivity contribution in [2.24, 2.45) is 0 Å². The third kappa shape index (κ3) is 3.78. The van der Waals surface area contributed by atoms with E-state index in [-0.39, 0.29) is 6.61 Å². The van der Waals surface area contributed by atoms with E-state index in [0.717, 1.165) is 16.3 Å². The third-order valence-corrected chi connectivity index (χ3v) is 4.59. The quantitative estimate of drug-likeness (QED) is 0.438. The lowest BCUT2D eigenvalue weighted by Crippen LogP contribution is -2.06. The van der Waals surface area contributed by atoms with Crippen LogP contribution in [0.5, 0.6) is 11.5 Å². The zero-order valence-electron chi connectivity index (χ0n) is 16.0. The SMILES string of the molecule is COc1ccc(-c2cc(COC(=O)c3cccc4ccccc34)no2)cc1OC. The monoisotopic (exact) mass is 389 g/mol. The van der Waals surface area contributed by atoms with Crippen LogP contribution in [0.3, 0.4) is 0 Å². The number of benzene rings is 3. The molecule has 4 rings (SSSR count). The summed E-state index contributed by atoms with van der Waals surface area (Å²) in [4.78, 5) is 12.6. The molecule has 0 amide bonds. The van der Waals surface area contributed by atoms with Crippen molar-refractivity contribution in [2.45, 2.75) is 6.61 Å². The number of nitrogens with zero attached hydrogens (tertiary/aromatic N) is 1. The molecule has 0 unspecified atom stereocenters. The minimum atomic E-state index is -0.405. The van der Waals surface area contributed by atoms with Crippen LogP contribution in [0.2, 0.25) is 0 Å². The van der Waals surface area contributed by atoms with E-state index >= 15 is 0 Å². The van der Waals surface area contributed by atoms with Gasteiger partial charge in [-0.3, -0.25) is 0 Å². The molecule has 0 aliphatic rings. The number of carbonyl (C=O) groups excluding carboxylic acids is 1. The summed E-state index contributed by atoms with van der Waals surface area (Å²) in [6, 6.07) is 20.4. The fraction of sp³-hybridized carbons (Fsp3) is 0.130. The molecular formula is C23H19NO5. The van der Waals surface area contributed by atoms with Crippen molar-refractivity contribution in [2.75, 3.05) is 14.2 Å². The highest BCUT2D eigenvalue weighted by Gasteiger charge is 2.14. The first kappa shape index (κ1) is 18.6. The first-order valence-electron chi connectivity index (χ1n) is 9.02. The standard InChI is InChI=1S/C23H19NO5/c1-26-20-11-10-16(12-22(20)27-2)21-13-17(24-29-21)14-28-23(25)19-9-5-7-15-6-3-4-8-18(15)19/h3-13H,14H2,1-2H3. The number of methoxy groups -OCH3 is 2. The third-order valence-electron chi connectivity index (χ3n) is 4.59. The average molecular weight is 389 g/mol. The second kappa shape index (κ2) is 8.06. The fourth-order valence-corrected chi connectivity index (χ4v) is 3.13. The van der Waals surface area contributed by atoms with Gasteiger partial charge < -0.3 is 18.7 Å². The normalized spacial score (nSPS) is 10.7. The largest absolute Gasteiger partial charge is 0.493 e. The van der Waals surface area contributed by atoms with Gasteiger partial charge in [0.1, 0.15) is 12.3 Å². The molecule has 0 spiro atoms. The summed E-state index contributed by atoms with van der Waals surface area (Å²) in [7, 11) is 3.15. The van der Waals surface area contributed by atoms with Gasteiger partial charge in [0.05, 0.1) is 19.8 Å². The van der Waals surface area contributed by atoms with Crippen molar-refractivity contribution in [1.82, 2.24) is 5.16 Å². The van der Waals surface area contributed by atoms with Gasteiger partial charge in [-0.2, -0.15) is 0 Å². The maximum atomic E-state index is 12.6. The molecule has 0 radical (unpaired) electrons. The number of hydrogen-bond donors (Lipinski definition) is 0. The predicted octanol–water partition coefficient (Wildman–Crippen LogP) is 4.87. The molecule has 0 bridgehead atoms. The van der Waals surface area contributed by atoms with E-state index in [0.29, 0.717) is 28.5 Å². The lowest BCUT2D eigenvalue weighted by Gasteiger charge is -2.07. The van der Waals surface area contributed by atoms with Crippen LogP contribution < -0.4 is 9.47 Å². The smallest absolute Gasteiger partial charge is 0.339 e. The number of esters is 1. The van der Waals surface area contributed by atoms with Crippen LogP contribution in [0.1, 0.15) is 16.1 Å². The van der Waals surface area contributed by atoms with Crippen LogP contribution in [0.4, 0.5) is 0 Å². The van der Waals surface area contributed by atoms with Gasteiger partial charge in [0.2, 0.25) is 0 Å². The summed E-state index contributed by atoms with van der Waals surface area (Å²) in [5.41, 5.74) is 1.82. The van der Waals surface area contributed by atoms with E-state index in [2.05, 4.69) is 5.16 Å². The zero-order chi connectivity index (χ0) is 20.2. The first-order chi connectivity index (χ1) is 14.2. The highest BCUT2D eigenvalue weighted by Crippen LogP contribution is 2.32. The van der Waals surface area contributed by atoms with Gasteiger partial charge in [-0.25, -0.2) is 4.79 Å². The van der Waals surface area contributed by atoms with E-state index in [4.69, 9.17) is 18.7 Å². The molecule has 6 heteroatoms. The summed E-state index contributed by atoms with van der Waals surface area (Å²) in [6.07, 6.45) is 0. The van der Waals surface area contributed by atoms with Crippen LogP contribution in [0.15, 0.2) is 71.3 Å². The summed E-state index contributed by atoms with van der Waals surface area (Å²) < 4.78 is 21.4. The average Bonchev–Trinajstić information content (AvgIpc) is 3.25. The zero-order valence-corrected chi connectivity index (χ0v) is 16.0. The molecule has 4 aromatic rings. The van der Waals surface area contributed by atoms with E-state index in [1.54, 1.807) is 38.5 Å². The van der Waals surface area contributed by atoms with Crippen molar-refractivity contribution in [3.05, 3.63) is 78.0 Å². The van der Waals surface area contributed by atoms with Gasteiger partial charge >= 0.3 is 5.97 Å². The summed E-state index contributed by atoms with van der Waals surface area (Å²) in [6.45, 7) is 0.0127. The molecule has 6 nitrogen and oxygen atoms in total. The Morgan fingerprint density at radius 2 is 1.72 bits per heavy atom. The van der Waals surface area contributed by atoms with Crippen molar-refractivity contribution < 1.29 is 23.5 Å². The number of carbonyl (C=O) groups is 1. The lowest BCUT2D eigenvalue weighted by atomic mass is 10.1. The Morgan fingerprint density at radius 3 is 2.55 bits per heavy atom. The molecule has 0 saturated carbocycles. The molecule has 1 aromatic heterocycles. The minimum absolute atomic E-state index is 0.0127. The van der Waals surface area contributed by atoms with Crippen molar-refractivity contribution >= 4 is 16.7 Å². The fourth-order valence-electron chi connectivity index (χ4n) is 3.13. The number of fused-ring (bicyclic) bond motifs is 1. The highest BCUT2D eigenvalue weighted by molar-refractivity contribution is 6.04. The summed E-state index contributed by atoms with van der Waals surface area (Å²) in [5, 5.41) is 5.83. The van der Waals surface area contributed by atoms with E-state index in [1.165, 1.54) is 0 Å². The molecule has 146 valence electrons. The second-order valence-corrected chi connectivity index (χ2v) is 6.36. The Bertz CT molecular complexity index is 1160. The molecule has 1 heterocycles. The van der Waals surface area contributed by atoms with Gasteiger partial charge in [0.25, 0.3) is 0 Å². The van der Waals surface area contributed by atoms with Gasteiger partial charge in [0.15, 0.2) is 17.3 Å². The topological polar surface area (TPSA) is 70.8 Å². The van der Waals surface area contributed by atoms with E-state index < -0.39 is 5.97 Å². The summed E-state index contributed by atoms with van der Waals surface area (Å²) >= 11 is 0. The van der Waals surface area contributed by atoms with E-state index in [9.17, 15) is 4.79 Å². The Kier molecular flexibility index (Phi) is 5.16. The Balaban J connectivity index is 1.49. The summed E-state index contributed by atoms with van der Waals surface area (Å²) in [5.74, 6) is 1.35. The molecular weight excluding hydrogens is 370 g/mol. The molecule has 0 aliphatic heterocycles. The molecule has 3 aromatic carbocycles. The van der Waals surface area contributed by atoms with Crippen molar-refractivity contribution in [1.29, 1.82) is 0 Å². The number of aromatic nitrogens is 1. The van der Waals surface area contributed by atoms with Crippen LogP contribution in [-0.4, -0.2) is 25.3 Å². The van der Waals surface area contributed by atoms with Gasteiger partial charge in [-0.1, -0.05) is 41.6 Å². The highest BCUT2D eigenvalue weighted by atomic mass is 16.5. The van der Waals surface area contributed by atoms with Gasteiger partial charge in [0, 0.05) is 11.6 Å². The van der Waals surface area contributed by atoms with Gasteiger partial charge in [-0.05, 0) is 35.0 Å². The van der Waals surface area contributed by atoms with Crippen molar-refractivity contribution in [3.63, 3.8) is 0 Å². The molecule has 0 aliphatic carbocycles. The number of ether oxygens (including phenoxy) is 3. The number of hydrogen-bond acceptors (Lipinski definition) is 6. The van der Waals surface area contributed by atoms with E-state index in [1.807, 2.05) is 42.5 Å². The first-order valence-corrected chi connectivity index (χ1v) is 9.02. The van der Waals surface area contributed by atoms with Crippen LogP contribution in [-0.2, 0) is 11.3 Å². The van der Waals surface area contributed by atoms with Crippen LogP contribution in [0, 0.1) is 0 Å². The minimum Gasteiger partial charge on any atom is -0.493 e. The Hall–Kier alpha value is -3.80. The lowest BCUT2D eigenvalue weighted by molar-refractivity contribution is 0.0466. The van der Waals surface area contributed by atoms with Crippen LogP contribution in [0.25, 0.3) is 22.1 Å². The molecule has 0 saturated heterocycles. The Labute approximate surface area is 167 Å². The van der Waals surface area contributed by atoms with Gasteiger partial charge in [-0.15, -0.1) is 0 Å². The maximum Gasteiger partial charge on any atom is 0.339 e. The van der Waals surface area contributed by atoms with Crippen LogP contribution >= 0.6 is 0 Å². The molecule has 0 N–H and O–H groups in total. The molecule has 0 atom stereocenters. The molecule has 0 fully saturated rings. The maximum absolute atomic E-state index is 12.6. The van der Waals surface area contributed by atoms with Crippen molar-refractivity contribution in [3.8, 4) is 22.8 Å².